The largest absolute Gasteiger partial charge is 0.416 e. The summed E-state index contributed by atoms with van der Waals surface area (Å²) in [5, 5.41) is 9.81. The van der Waals surface area contributed by atoms with E-state index in [0.29, 0.717) is 40.2 Å². The lowest BCUT2D eigenvalue weighted by atomic mass is 9.98. The Kier molecular flexibility index (Phi) is 5.71. The Morgan fingerprint density at radius 1 is 1.06 bits per heavy atom. The van der Waals surface area contributed by atoms with Crippen molar-refractivity contribution in [2.45, 2.75) is 12.6 Å². The zero-order valence-electron chi connectivity index (χ0n) is 16.5. The number of aromatic nitrogens is 2. The third kappa shape index (κ3) is 4.61. The van der Waals surface area contributed by atoms with E-state index in [0.717, 1.165) is 0 Å². The highest BCUT2D eigenvalue weighted by Crippen LogP contribution is 2.34. The topological polar surface area (TPSA) is 83.8 Å². The molecular weight excluding hydrogens is 467 g/mol. The number of carbonyl (C=O) groups excluding carboxylic acids is 1. The van der Waals surface area contributed by atoms with Crippen LogP contribution in [0, 0.1) is 11.6 Å². The van der Waals surface area contributed by atoms with Crippen molar-refractivity contribution in [3.63, 3.8) is 0 Å². The molecule has 3 aromatic carbocycles. The minimum absolute atomic E-state index is 0.0181. The first-order valence-electron chi connectivity index (χ1n) is 9.41. The molecular formula is C22H14ClF5N4O. The molecule has 0 radical (unpaired) electrons. The molecule has 0 unspecified atom stereocenters. The van der Waals surface area contributed by atoms with E-state index in [1.54, 1.807) is 6.07 Å². The van der Waals surface area contributed by atoms with E-state index in [2.05, 4.69) is 15.5 Å². The van der Waals surface area contributed by atoms with E-state index in [1.165, 1.54) is 24.3 Å². The number of fused-ring (bicyclic) bond motifs is 1. The summed E-state index contributed by atoms with van der Waals surface area (Å²) in [6.07, 6.45) is -4.81. The van der Waals surface area contributed by atoms with Crippen LogP contribution in [0.25, 0.3) is 10.9 Å². The average Bonchev–Trinajstić information content (AvgIpc) is 3.12. The van der Waals surface area contributed by atoms with E-state index >= 15 is 0 Å². The molecule has 0 aliphatic carbocycles. The van der Waals surface area contributed by atoms with Gasteiger partial charge in [0.2, 0.25) is 0 Å². The lowest BCUT2D eigenvalue weighted by Gasteiger charge is -2.15. The number of aromatic amines is 1. The highest BCUT2D eigenvalue weighted by atomic mass is 35.5. The van der Waals surface area contributed by atoms with Gasteiger partial charge in [-0.25, -0.2) is 8.78 Å². The predicted octanol–water partition coefficient (Wildman–Crippen LogP) is 5.94. The Hall–Kier alpha value is -3.66. The summed E-state index contributed by atoms with van der Waals surface area (Å²) in [6.45, 7) is 0. The lowest BCUT2D eigenvalue weighted by Crippen LogP contribution is -2.16. The van der Waals surface area contributed by atoms with Gasteiger partial charge in [-0.15, -0.1) is 0 Å². The fourth-order valence-electron chi connectivity index (χ4n) is 3.46. The van der Waals surface area contributed by atoms with Gasteiger partial charge in [0, 0.05) is 28.1 Å². The number of nitrogens with zero attached hydrogens (tertiary/aromatic N) is 1. The van der Waals surface area contributed by atoms with Crippen LogP contribution in [-0.4, -0.2) is 16.1 Å². The molecule has 4 aromatic rings. The number of halogens is 6. The van der Waals surface area contributed by atoms with Crippen LogP contribution >= 0.6 is 11.6 Å². The molecule has 4 rings (SSSR count). The average molecular weight is 481 g/mol. The van der Waals surface area contributed by atoms with E-state index in [-0.39, 0.29) is 22.9 Å². The fourth-order valence-corrected chi connectivity index (χ4v) is 3.64. The van der Waals surface area contributed by atoms with Crippen molar-refractivity contribution >= 4 is 39.9 Å². The van der Waals surface area contributed by atoms with Crippen LogP contribution in [0.5, 0.6) is 0 Å². The molecule has 0 atom stereocenters. The number of nitrogen functional groups attached to an aromatic ring is 1. The zero-order chi connectivity index (χ0) is 23.9. The Morgan fingerprint density at radius 2 is 1.82 bits per heavy atom. The molecule has 0 aliphatic rings. The number of H-pyrrole nitrogens is 1. The quantitative estimate of drug-likeness (QED) is 0.316. The van der Waals surface area contributed by atoms with E-state index in [4.69, 9.17) is 17.3 Å². The van der Waals surface area contributed by atoms with Gasteiger partial charge in [0.25, 0.3) is 5.91 Å². The van der Waals surface area contributed by atoms with Gasteiger partial charge in [0.05, 0.1) is 11.1 Å². The number of nitrogens with one attached hydrogen (secondary N) is 2. The number of rotatable bonds is 4. The molecule has 4 N–H and O–H groups in total. The summed E-state index contributed by atoms with van der Waals surface area (Å²) < 4.78 is 66.7. The summed E-state index contributed by atoms with van der Waals surface area (Å²) in [5.74, 6) is -2.63. The van der Waals surface area contributed by atoms with Crippen LogP contribution in [0.2, 0.25) is 5.02 Å². The second-order valence-corrected chi connectivity index (χ2v) is 7.62. The number of carbonyl (C=O) groups is 1. The first kappa shape index (κ1) is 22.5. The maximum absolute atomic E-state index is 13.8. The third-order valence-electron chi connectivity index (χ3n) is 4.98. The SMILES string of the molecule is Nc1n[nH]c2ccc(NC(=O)c3cc(F)cc(C(F)(F)F)c3)c(Cc3cc(F)ccc3Cl)c12. The molecule has 1 heterocycles. The van der Waals surface area contributed by atoms with Crippen LogP contribution in [0.3, 0.4) is 0 Å². The van der Waals surface area contributed by atoms with Gasteiger partial charge in [-0.05, 0) is 59.7 Å². The summed E-state index contributed by atoms with van der Waals surface area (Å²) in [5.41, 5.74) is 5.59. The number of amides is 1. The second kappa shape index (κ2) is 8.36. The Balaban J connectivity index is 1.78. The molecule has 170 valence electrons. The first-order chi connectivity index (χ1) is 15.5. The van der Waals surface area contributed by atoms with Crippen LogP contribution in [0.15, 0.2) is 48.5 Å². The molecule has 0 aliphatic heterocycles. The molecule has 1 aromatic heterocycles. The number of hydrogen-bond acceptors (Lipinski definition) is 3. The molecule has 5 nitrogen and oxygen atoms in total. The predicted molar refractivity (Wildman–Crippen MR) is 114 cm³/mol. The summed E-state index contributed by atoms with van der Waals surface area (Å²) in [7, 11) is 0. The fraction of sp³-hybridized carbons (Fsp3) is 0.0909. The van der Waals surface area contributed by atoms with E-state index < -0.39 is 34.8 Å². The minimum Gasteiger partial charge on any atom is -0.382 e. The monoisotopic (exact) mass is 480 g/mol. The number of alkyl halides is 3. The highest BCUT2D eigenvalue weighted by Gasteiger charge is 2.32. The maximum atomic E-state index is 13.8. The van der Waals surface area contributed by atoms with Crippen LogP contribution in [-0.2, 0) is 12.6 Å². The van der Waals surface area contributed by atoms with Crippen molar-refractivity contribution in [2.75, 3.05) is 11.1 Å². The third-order valence-corrected chi connectivity index (χ3v) is 5.35. The van der Waals surface area contributed by atoms with Gasteiger partial charge in [0.1, 0.15) is 11.6 Å². The van der Waals surface area contributed by atoms with Crippen molar-refractivity contribution < 1.29 is 26.7 Å². The van der Waals surface area contributed by atoms with E-state index in [9.17, 15) is 26.7 Å². The number of benzene rings is 3. The van der Waals surface area contributed by atoms with E-state index in [1.807, 2.05) is 0 Å². The Morgan fingerprint density at radius 3 is 2.55 bits per heavy atom. The molecule has 33 heavy (non-hydrogen) atoms. The molecule has 1 amide bonds. The maximum Gasteiger partial charge on any atom is 0.416 e. The standard InChI is InChI=1S/C22H14ClF5N4O/c23-16-2-1-13(24)6-10(16)8-15-17(3-4-18-19(15)20(29)32-31-18)30-21(33)11-5-12(22(26,27)28)9-14(25)7-11/h1-7,9H,8H2,(H,30,33)(H3,29,31,32). The number of nitrogens with two attached hydrogens (primary N) is 1. The lowest BCUT2D eigenvalue weighted by molar-refractivity contribution is -0.137. The number of hydrogen-bond donors (Lipinski definition) is 3. The van der Waals surface area contributed by atoms with Crippen molar-refractivity contribution in [3.05, 3.63) is 87.4 Å². The van der Waals surface area contributed by atoms with Gasteiger partial charge >= 0.3 is 6.18 Å². The van der Waals surface area contributed by atoms with Crippen LogP contribution < -0.4 is 11.1 Å². The van der Waals surface area contributed by atoms with Crippen LogP contribution in [0.4, 0.5) is 33.5 Å². The molecule has 0 saturated carbocycles. The number of anilines is 2. The van der Waals surface area contributed by atoms with Crippen molar-refractivity contribution in [1.29, 1.82) is 0 Å². The molecule has 0 saturated heterocycles. The van der Waals surface area contributed by atoms with Crippen molar-refractivity contribution in [1.82, 2.24) is 10.2 Å². The molecule has 0 bridgehead atoms. The van der Waals surface area contributed by atoms with Gasteiger partial charge in [0.15, 0.2) is 5.82 Å². The van der Waals surface area contributed by atoms with Gasteiger partial charge in [-0.3, -0.25) is 9.89 Å². The molecule has 11 heteroatoms. The Labute approximate surface area is 188 Å². The molecule has 0 fully saturated rings. The second-order valence-electron chi connectivity index (χ2n) is 7.22. The summed E-state index contributed by atoms with van der Waals surface area (Å²) >= 11 is 6.19. The van der Waals surface area contributed by atoms with Crippen molar-refractivity contribution in [3.8, 4) is 0 Å². The van der Waals surface area contributed by atoms with Crippen molar-refractivity contribution in [2.24, 2.45) is 0 Å². The summed E-state index contributed by atoms with van der Waals surface area (Å²) in [4.78, 5) is 12.7. The van der Waals surface area contributed by atoms with Crippen LogP contribution in [0.1, 0.15) is 27.0 Å². The molecule has 0 spiro atoms. The normalized spacial score (nSPS) is 11.7. The summed E-state index contributed by atoms with van der Waals surface area (Å²) in [6, 6.07) is 8.34. The highest BCUT2D eigenvalue weighted by molar-refractivity contribution is 6.31. The van der Waals surface area contributed by atoms with Gasteiger partial charge in [-0.1, -0.05) is 11.6 Å². The Bertz CT molecular complexity index is 1380. The zero-order valence-corrected chi connectivity index (χ0v) is 17.3. The van der Waals surface area contributed by atoms with Gasteiger partial charge in [-0.2, -0.15) is 18.3 Å². The minimum atomic E-state index is -4.83. The van der Waals surface area contributed by atoms with Gasteiger partial charge < -0.3 is 11.1 Å². The first-order valence-corrected chi connectivity index (χ1v) is 9.79. The smallest absolute Gasteiger partial charge is 0.382 e.